The van der Waals surface area contributed by atoms with Crippen molar-refractivity contribution in [3.8, 4) is 0 Å². The molecular formula is C20H27N5O2. The van der Waals surface area contributed by atoms with E-state index >= 15 is 0 Å². The minimum absolute atomic E-state index is 0.0738. The van der Waals surface area contributed by atoms with Crippen molar-refractivity contribution in [2.75, 3.05) is 25.5 Å². The van der Waals surface area contributed by atoms with Crippen LogP contribution in [0, 0.1) is 0 Å². The normalized spacial score (nSPS) is 10.3. The highest BCUT2D eigenvalue weighted by Crippen LogP contribution is 2.18. The first-order chi connectivity index (χ1) is 13.1. The van der Waals surface area contributed by atoms with Crippen LogP contribution in [0.4, 0.5) is 11.6 Å². The van der Waals surface area contributed by atoms with E-state index in [0.717, 1.165) is 31.4 Å². The van der Waals surface area contributed by atoms with E-state index in [1.165, 1.54) is 0 Å². The fourth-order valence-electron chi connectivity index (χ4n) is 2.57. The monoisotopic (exact) mass is 369 g/mol. The molecule has 0 aliphatic carbocycles. The molecule has 2 amide bonds. The Morgan fingerprint density at radius 1 is 1.00 bits per heavy atom. The lowest BCUT2D eigenvalue weighted by Crippen LogP contribution is -2.25. The maximum absolute atomic E-state index is 12.2. The summed E-state index contributed by atoms with van der Waals surface area (Å²) in [6, 6.07) is 9.79. The van der Waals surface area contributed by atoms with Crippen LogP contribution < -0.4 is 15.5 Å². The molecule has 1 heterocycles. The Kier molecular flexibility index (Phi) is 8.22. The molecule has 2 aromatic rings. The summed E-state index contributed by atoms with van der Waals surface area (Å²) >= 11 is 0. The number of para-hydroxylation sites is 1. The molecule has 0 aliphatic rings. The number of benzene rings is 1. The number of hydrogen-bond acceptors (Lipinski definition) is 5. The summed E-state index contributed by atoms with van der Waals surface area (Å²) in [5, 5.41) is 5.49. The molecule has 0 radical (unpaired) electrons. The van der Waals surface area contributed by atoms with Gasteiger partial charge in [0.05, 0.1) is 5.56 Å². The lowest BCUT2D eigenvalue weighted by Gasteiger charge is -2.16. The molecule has 7 nitrogen and oxygen atoms in total. The van der Waals surface area contributed by atoms with Gasteiger partial charge in [-0.25, -0.2) is 9.97 Å². The molecule has 0 fully saturated rings. The lowest BCUT2D eigenvalue weighted by atomic mass is 10.1. The van der Waals surface area contributed by atoms with Gasteiger partial charge in [-0.1, -0.05) is 31.0 Å². The van der Waals surface area contributed by atoms with Gasteiger partial charge in [0.2, 0.25) is 11.9 Å². The molecule has 0 aliphatic heterocycles. The average molecular weight is 369 g/mol. The summed E-state index contributed by atoms with van der Waals surface area (Å²) in [5.74, 6) is 0.438. The van der Waals surface area contributed by atoms with Gasteiger partial charge in [0.15, 0.2) is 0 Å². The molecule has 2 rings (SSSR count). The maximum atomic E-state index is 12.2. The highest BCUT2D eigenvalue weighted by atomic mass is 16.2. The molecule has 0 atom stereocenters. The van der Waals surface area contributed by atoms with Crippen molar-refractivity contribution in [3.05, 3.63) is 48.3 Å². The summed E-state index contributed by atoms with van der Waals surface area (Å²) in [7, 11) is 3.53. The van der Waals surface area contributed by atoms with Gasteiger partial charge in [0, 0.05) is 45.1 Å². The Labute approximate surface area is 160 Å². The van der Waals surface area contributed by atoms with Gasteiger partial charge in [-0.2, -0.15) is 0 Å². The van der Waals surface area contributed by atoms with Crippen LogP contribution in [-0.2, 0) is 4.79 Å². The largest absolute Gasteiger partial charge is 0.359 e. The van der Waals surface area contributed by atoms with E-state index < -0.39 is 0 Å². The summed E-state index contributed by atoms with van der Waals surface area (Å²) in [5.41, 5.74) is 1.42. The first-order valence-corrected chi connectivity index (χ1v) is 9.21. The lowest BCUT2D eigenvalue weighted by molar-refractivity contribution is -0.120. The average Bonchev–Trinajstić information content (AvgIpc) is 2.72. The number of carbonyl (C=O) groups is 2. The number of anilines is 2. The van der Waals surface area contributed by atoms with Crippen LogP contribution >= 0.6 is 0 Å². The van der Waals surface area contributed by atoms with Gasteiger partial charge in [0.1, 0.15) is 0 Å². The molecule has 1 aromatic carbocycles. The molecule has 0 bridgehead atoms. The van der Waals surface area contributed by atoms with Crippen molar-refractivity contribution in [2.45, 2.75) is 32.1 Å². The summed E-state index contributed by atoms with van der Waals surface area (Å²) < 4.78 is 0. The molecule has 0 spiro atoms. The molecular weight excluding hydrogens is 342 g/mol. The van der Waals surface area contributed by atoms with Gasteiger partial charge in [-0.05, 0) is 25.0 Å². The topological polar surface area (TPSA) is 87.2 Å². The summed E-state index contributed by atoms with van der Waals surface area (Å²) in [6.45, 7) is 0.602. The summed E-state index contributed by atoms with van der Waals surface area (Å²) in [6.07, 6.45) is 7.36. The number of nitrogens with zero attached hydrogens (tertiary/aromatic N) is 3. The van der Waals surface area contributed by atoms with Crippen LogP contribution in [0.15, 0.2) is 42.7 Å². The van der Waals surface area contributed by atoms with E-state index in [1.807, 2.05) is 42.3 Å². The Bertz CT molecular complexity index is 719. The second-order valence-corrected chi connectivity index (χ2v) is 6.26. The molecule has 0 saturated heterocycles. The number of rotatable bonds is 10. The van der Waals surface area contributed by atoms with Gasteiger partial charge < -0.3 is 15.5 Å². The van der Waals surface area contributed by atoms with Gasteiger partial charge in [-0.3, -0.25) is 9.59 Å². The smallest absolute Gasteiger partial charge is 0.254 e. The minimum atomic E-state index is -0.172. The van der Waals surface area contributed by atoms with Crippen molar-refractivity contribution < 1.29 is 9.59 Å². The fraction of sp³-hybridized carbons (Fsp3) is 0.400. The number of amides is 2. The van der Waals surface area contributed by atoms with Crippen molar-refractivity contribution >= 4 is 23.5 Å². The maximum Gasteiger partial charge on any atom is 0.254 e. The van der Waals surface area contributed by atoms with Crippen molar-refractivity contribution in [1.82, 2.24) is 20.6 Å². The van der Waals surface area contributed by atoms with Crippen LogP contribution in [-0.4, -0.2) is 42.4 Å². The number of carbonyl (C=O) groups excluding carboxylic acids is 2. The van der Waals surface area contributed by atoms with Crippen LogP contribution in [0.3, 0.4) is 0 Å². The van der Waals surface area contributed by atoms with E-state index in [9.17, 15) is 9.59 Å². The third-order valence-electron chi connectivity index (χ3n) is 4.24. The van der Waals surface area contributed by atoms with E-state index in [1.54, 1.807) is 19.4 Å². The van der Waals surface area contributed by atoms with Gasteiger partial charge >= 0.3 is 0 Å². The van der Waals surface area contributed by atoms with Crippen molar-refractivity contribution in [2.24, 2.45) is 0 Å². The van der Waals surface area contributed by atoms with Crippen molar-refractivity contribution in [1.29, 1.82) is 0 Å². The van der Waals surface area contributed by atoms with Crippen LogP contribution in [0.25, 0.3) is 0 Å². The molecule has 7 heteroatoms. The zero-order valence-electron chi connectivity index (χ0n) is 15.9. The van der Waals surface area contributed by atoms with Gasteiger partial charge in [-0.15, -0.1) is 0 Å². The SMILES string of the molecule is CNC(=O)CCCCCCNC(=O)c1cnc(N(C)c2ccccc2)nc1. The molecule has 144 valence electrons. The van der Waals surface area contributed by atoms with E-state index in [-0.39, 0.29) is 11.8 Å². The molecule has 27 heavy (non-hydrogen) atoms. The molecule has 0 saturated carbocycles. The number of aromatic nitrogens is 2. The number of hydrogen-bond donors (Lipinski definition) is 2. The summed E-state index contributed by atoms with van der Waals surface area (Å²) in [4.78, 5) is 33.7. The van der Waals surface area contributed by atoms with E-state index in [4.69, 9.17) is 0 Å². The van der Waals surface area contributed by atoms with E-state index in [0.29, 0.717) is 24.5 Å². The predicted octanol–water partition coefficient (Wildman–Crippen LogP) is 2.67. The Morgan fingerprint density at radius 2 is 1.67 bits per heavy atom. The Hall–Kier alpha value is -2.96. The standard InChI is InChI=1S/C20H27N5O2/c1-21-18(26)12-8-3-4-9-13-22-19(27)16-14-23-20(24-15-16)25(2)17-10-6-5-7-11-17/h5-7,10-11,14-15H,3-4,8-9,12-13H2,1-2H3,(H,21,26)(H,22,27). The van der Waals surface area contributed by atoms with E-state index in [2.05, 4.69) is 20.6 Å². The first-order valence-electron chi connectivity index (χ1n) is 9.21. The molecule has 1 aromatic heterocycles. The van der Waals surface area contributed by atoms with Crippen LogP contribution in [0.1, 0.15) is 42.5 Å². The Morgan fingerprint density at radius 3 is 2.33 bits per heavy atom. The zero-order valence-corrected chi connectivity index (χ0v) is 15.9. The number of unbranched alkanes of at least 4 members (excludes halogenated alkanes) is 3. The van der Waals surface area contributed by atoms with Crippen LogP contribution in [0.5, 0.6) is 0 Å². The number of nitrogens with one attached hydrogen (secondary N) is 2. The predicted molar refractivity (Wildman–Crippen MR) is 106 cm³/mol. The second-order valence-electron chi connectivity index (χ2n) is 6.26. The third kappa shape index (κ3) is 6.69. The fourth-order valence-corrected chi connectivity index (χ4v) is 2.57. The van der Waals surface area contributed by atoms with Gasteiger partial charge in [0.25, 0.3) is 5.91 Å². The van der Waals surface area contributed by atoms with Crippen LogP contribution in [0.2, 0.25) is 0 Å². The third-order valence-corrected chi connectivity index (χ3v) is 4.24. The highest BCUT2D eigenvalue weighted by molar-refractivity contribution is 5.93. The first kappa shape index (κ1) is 20.4. The highest BCUT2D eigenvalue weighted by Gasteiger charge is 2.10. The minimum Gasteiger partial charge on any atom is -0.359 e. The second kappa shape index (κ2) is 10.9. The quantitative estimate of drug-likeness (QED) is 0.629. The molecule has 2 N–H and O–H groups in total. The van der Waals surface area contributed by atoms with Crippen molar-refractivity contribution in [3.63, 3.8) is 0 Å². The molecule has 0 unspecified atom stereocenters. The zero-order chi connectivity index (χ0) is 19.5. The Balaban J connectivity index is 1.72.